The molecule has 0 spiro atoms. The minimum Gasteiger partial charge on any atom is -0.477 e. The molecule has 0 heterocycles. The number of carboxylic acid groups (broad SMARTS) is 1. The molecular formula is C2H2F2O2Pd. The van der Waals surface area contributed by atoms with E-state index in [0.29, 0.717) is 0 Å². The van der Waals surface area contributed by atoms with Crippen molar-refractivity contribution in [1.82, 2.24) is 0 Å². The SMILES string of the molecule is O=C(O)C(F)F.[Pd]. The monoisotopic (exact) mass is 202 g/mol. The Morgan fingerprint density at radius 3 is 1.71 bits per heavy atom. The van der Waals surface area contributed by atoms with Crippen LogP contribution in [0.25, 0.3) is 0 Å². The largest absolute Gasteiger partial charge is 0.477 e. The molecule has 0 aliphatic carbocycles. The van der Waals surface area contributed by atoms with Crippen molar-refractivity contribution >= 4 is 5.97 Å². The van der Waals surface area contributed by atoms with Gasteiger partial charge in [-0.05, 0) is 0 Å². The summed E-state index contributed by atoms with van der Waals surface area (Å²) in [6.07, 6.45) is -3.23. The third kappa shape index (κ3) is 5.99. The second kappa shape index (κ2) is 4.16. The number of hydrogen-bond acceptors (Lipinski definition) is 1. The van der Waals surface area contributed by atoms with E-state index >= 15 is 0 Å². The van der Waals surface area contributed by atoms with Gasteiger partial charge in [-0.2, -0.15) is 8.78 Å². The van der Waals surface area contributed by atoms with E-state index in [1.165, 1.54) is 0 Å². The summed E-state index contributed by atoms with van der Waals surface area (Å²) in [4.78, 5) is 8.95. The second-order valence-electron chi connectivity index (χ2n) is 0.639. The van der Waals surface area contributed by atoms with Crippen LogP contribution in [-0.4, -0.2) is 17.5 Å². The molecule has 5 heteroatoms. The predicted octanol–water partition coefficient (Wildman–Crippen LogP) is 0.334. The van der Waals surface area contributed by atoms with Gasteiger partial charge in [-0.3, -0.25) is 0 Å². The van der Waals surface area contributed by atoms with Gasteiger partial charge in [0, 0.05) is 20.4 Å². The molecule has 0 fully saturated rings. The fourth-order valence-electron chi connectivity index (χ4n) is 0. The Kier molecular flexibility index (Phi) is 5.99. The fourth-order valence-corrected chi connectivity index (χ4v) is 0. The zero-order chi connectivity index (χ0) is 5.15. The maximum absolute atomic E-state index is 10.6. The van der Waals surface area contributed by atoms with Crippen LogP contribution in [-0.2, 0) is 25.2 Å². The van der Waals surface area contributed by atoms with E-state index < -0.39 is 12.4 Å². The molecule has 0 atom stereocenters. The van der Waals surface area contributed by atoms with Crippen molar-refractivity contribution in [3.05, 3.63) is 0 Å². The minimum atomic E-state index is -3.23. The number of alkyl halides is 2. The van der Waals surface area contributed by atoms with Gasteiger partial charge in [0.2, 0.25) is 0 Å². The van der Waals surface area contributed by atoms with Gasteiger partial charge in [0.25, 0.3) is 0 Å². The van der Waals surface area contributed by atoms with E-state index in [0.717, 1.165) is 0 Å². The van der Waals surface area contributed by atoms with Gasteiger partial charge < -0.3 is 5.11 Å². The topological polar surface area (TPSA) is 37.3 Å². The Bertz CT molecular complexity index is 64.7. The van der Waals surface area contributed by atoms with Crippen LogP contribution in [0.1, 0.15) is 0 Å². The first-order chi connectivity index (χ1) is 2.64. The van der Waals surface area contributed by atoms with Crippen LogP contribution in [0.3, 0.4) is 0 Å². The third-order valence-corrected chi connectivity index (χ3v) is 0.187. The van der Waals surface area contributed by atoms with Gasteiger partial charge in [-0.25, -0.2) is 4.79 Å². The molecular weight excluding hydrogens is 200 g/mol. The minimum absolute atomic E-state index is 0. The molecule has 0 amide bonds. The van der Waals surface area contributed by atoms with E-state index in [9.17, 15) is 8.78 Å². The average molecular weight is 202 g/mol. The molecule has 0 saturated carbocycles. The molecule has 0 aromatic heterocycles. The van der Waals surface area contributed by atoms with Crippen molar-refractivity contribution in [2.45, 2.75) is 6.43 Å². The van der Waals surface area contributed by atoms with E-state index in [-0.39, 0.29) is 20.4 Å². The standard InChI is InChI=1S/C2H2F2O2.Pd/c3-1(4)2(5)6;/h1H,(H,5,6);. The number of hydrogen-bond donors (Lipinski definition) is 1. The number of aliphatic carboxylic acids is 1. The second-order valence-corrected chi connectivity index (χ2v) is 0.639. The molecule has 0 unspecified atom stereocenters. The van der Waals surface area contributed by atoms with Crippen molar-refractivity contribution in [2.75, 3.05) is 0 Å². The first-order valence-electron chi connectivity index (χ1n) is 1.15. The Hall–Kier alpha value is -0.00766. The number of carbonyl (C=O) groups is 1. The van der Waals surface area contributed by atoms with Crippen LogP contribution in [0, 0.1) is 0 Å². The molecule has 7 heavy (non-hydrogen) atoms. The molecule has 2 nitrogen and oxygen atoms in total. The summed E-state index contributed by atoms with van der Waals surface area (Å²) in [5, 5.41) is 7.24. The molecule has 0 saturated heterocycles. The fraction of sp³-hybridized carbons (Fsp3) is 0.500. The number of rotatable bonds is 1. The molecule has 0 aromatic carbocycles. The van der Waals surface area contributed by atoms with Gasteiger partial charge in [0.05, 0.1) is 0 Å². The molecule has 1 N–H and O–H groups in total. The third-order valence-electron chi connectivity index (χ3n) is 0.187. The van der Waals surface area contributed by atoms with E-state index in [2.05, 4.69) is 0 Å². The van der Waals surface area contributed by atoms with Crippen molar-refractivity contribution in [3.63, 3.8) is 0 Å². The van der Waals surface area contributed by atoms with Crippen LogP contribution in [0.5, 0.6) is 0 Å². The average Bonchev–Trinajstić information content (AvgIpc) is 1.36. The summed E-state index contributed by atoms with van der Waals surface area (Å²) in [5.74, 6) is -2.07. The maximum Gasteiger partial charge on any atom is 0.371 e. The first-order valence-corrected chi connectivity index (χ1v) is 1.15. The molecule has 46 valence electrons. The van der Waals surface area contributed by atoms with Gasteiger partial charge in [0.15, 0.2) is 0 Å². The van der Waals surface area contributed by atoms with Crippen molar-refractivity contribution in [1.29, 1.82) is 0 Å². The summed E-state index contributed by atoms with van der Waals surface area (Å²) in [6, 6.07) is 0. The van der Waals surface area contributed by atoms with E-state index in [1.54, 1.807) is 0 Å². The number of halogens is 2. The smallest absolute Gasteiger partial charge is 0.371 e. The summed E-state index contributed by atoms with van der Waals surface area (Å²) in [5.41, 5.74) is 0. The van der Waals surface area contributed by atoms with Gasteiger partial charge in [-0.1, -0.05) is 0 Å². The Labute approximate surface area is 52.2 Å². The van der Waals surface area contributed by atoms with Crippen LogP contribution in [0.15, 0.2) is 0 Å². The van der Waals surface area contributed by atoms with Crippen LogP contribution in [0.4, 0.5) is 8.78 Å². The molecule has 0 aliphatic heterocycles. The summed E-state index contributed by atoms with van der Waals surface area (Å²) in [7, 11) is 0. The van der Waals surface area contributed by atoms with Gasteiger partial charge in [-0.15, -0.1) is 0 Å². The van der Waals surface area contributed by atoms with Crippen molar-refractivity contribution in [3.8, 4) is 0 Å². The zero-order valence-corrected chi connectivity index (χ0v) is 4.56. The molecule has 0 rings (SSSR count). The molecule has 0 radical (unpaired) electrons. The van der Waals surface area contributed by atoms with Crippen LogP contribution >= 0.6 is 0 Å². The molecule has 0 aliphatic rings. The zero-order valence-electron chi connectivity index (χ0n) is 3.00. The van der Waals surface area contributed by atoms with Crippen molar-refractivity contribution in [2.24, 2.45) is 0 Å². The summed E-state index contributed by atoms with van der Waals surface area (Å²) < 4.78 is 21.1. The Balaban J connectivity index is 0. The number of carboxylic acids is 1. The molecule has 0 aromatic rings. The van der Waals surface area contributed by atoms with Crippen LogP contribution < -0.4 is 0 Å². The Morgan fingerprint density at radius 2 is 1.71 bits per heavy atom. The van der Waals surface area contributed by atoms with Crippen molar-refractivity contribution < 1.29 is 39.1 Å². The van der Waals surface area contributed by atoms with Gasteiger partial charge >= 0.3 is 12.4 Å². The van der Waals surface area contributed by atoms with Gasteiger partial charge in [0.1, 0.15) is 0 Å². The Morgan fingerprint density at radius 1 is 1.57 bits per heavy atom. The molecule has 0 bridgehead atoms. The predicted molar refractivity (Wildman–Crippen MR) is 13.6 cm³/mol. The maximum atomic E-state index is 10.6. The summed E-state index contributed by atoms with van der Waals surface area (Å²) in [6.45, 7) is 0. The van der Waals surface area contributed by atoms with E-state index in [1.807, 2.05) is 0 Å². The first kappa shape index (κ1) is 10.1. The summed E-state index contributed by atoms with van der Waals surface area (Å²) >= 11 is 0. The van der Waals surface area contributed by atoms with E-state index in [4.69, 9.17) is 9.90 Å². The normalized spacial score (nSPS) is 7.86. The quantitative estimate of drug-likeness (QED) is 0.623. The van der Waals surface area contributed by atoms with Crippen LogP contribution in [0.2, 0.25) is 0 Å².